The summed E-state index contributed by atoms with van der Waals surface area (Å²) in [6, 6.07) is 9.47. The average Bonchev–Trinajstić information content (AvgIpc) is 2.19. The number of carbonyl (C=O) groups is 1. The van der Waals surface area contributed by atoms with Gasteiger partial charge in [0.2, 0.25) is 0 Å². The molecule has 0 spiro atoms. The lowest BCUT2D eigenvalue weighted by Crippen LogP contribution is -2.05. The third-order valence-corrected chi connectivity index (χ3v) is 2.14. The van der Waals surface area contributed by atoms with Gasteiger partial charge in [0, 0.05) is 4.90 Å². The lowest BCUT2D eigenvalue weighted by atomic mass is 10.4. The Morgan fingerprint density at radius 1 is 1.38 bits per heavy atom. The number of carbonyl (C=O) groups excluding carboxylic acids is 1. The summed E-state index contributed by atoms with van der Waals surface area (Å²) in [6.07, 6.45) is 0. The number of thioether (sulfide) groups is 1. The van der Waals surface area contributed by atoms with E-state index in [9.17, 15) is 9.18 Å². The van der Waals surface area contributed by atoms with Gasteiger partial charge in [0.05, 0.1) is 0 Å². The van der Waals surface area contributed by atoms with Gasteiger partial charge in [-0.15, -0.1) is 0 Å². The Kier molecular flexibility index (Phi) is 4.32. The molecule has 0 saturated carbocycles. The van der Waals surface area contributed by atoms with Crippen LogP contribution in [-0.2, 0) is 9.53 Å². The number of hydrogen-bond donors (Lipinski definition) is 0. The van der Waals surface area contributed by atoms with Crippen molar-refractivity contribution in [2.75, 3.05) is 12.6 Å². The van der Waals surface area contributed by atoms with E-state index in [0.29, 0.717) is 0 Å². The minimum Gasteiger partial charge on any atom is -0.452 e. The monoisotopic (exact) mass is 200 g/mol. The van der Waals surface area contributed by atoms with Gasteiger partial charge in [-0.3, -0.25) is 0 Å². The minimum atomic E-state index is -1.06. The summed E-state index contributed by atoms with van der Waals surface area (Å²) in [5.74, 6) is -0.657. The summed E-state index contributed by atoms with van der Waals surface area (Å²) in [4.78, 5) is 11.4. The molecule has 1 rings (SSSR count). The lowest BCUT2D eigenvalue weighted by molar-refractivity contribution is -0.142. The molecule has 1 aromatic carbocycles. The zero-order valence-corrected chi connectivity index (χ0v) is 7.72. The first-order chi connectivity index (χ1) is 6.33. The Bertz CT molecular complexity index is 264. The molecule has 0 amide bonds. The highest BCUT2D eigenvalue weighted by molar-refractivity contribution is 7.99. The van der Waals surface area contributed by atoms with Gasteiger partial charge in [-0.05, 0) is 12.1 Å². The van der Waals surface area contributed by atoms with Crippen LogP contribution in [0.25, 0.3) is 0 Å². The third-order valence-electron chi connectivity index (χ3n) is 1.30. The van der Waals surface area contributed by atoms with Crippen molar-refractivity contribution in [3.8, 4) is 0 Å². The predicted octanol–water partition coefficient (Wildman–Crippen LogP) is 2.25. The van der Waals surface area contributed by atoms with E-state index >= 15 is 0 Å². The van der Waals surface area contributed by atoms with Crippen molar-refractivity contribution in [1.82, 2.24) is 0 Å². The number of esters is 1. The van der Waals surface area contributed by atoms with E-state index in [1.54, 1.807) is 0 Å². The van der Waals surface area contributed by atoms with E-state index in [2.05, 4.69) is 4.74 Å². The summed E-state index contributed by atoms with van der Waals surface area (Å²) in [6.45, 7) is -1.06. The van der Waals surface area contributed by atoms with Gasteiger partial charge in [0.1, 0.15) is 5.94 Å². The SMILES string of the molecule is O=C(CF)OCSc1ccccc1. The largest absolute Gasteiger partial charge is 0.452 e. The summed E-state index contributed by atoms with van der Waals surface area (Å²) in [5.41, 5.74) is 0. The zero-order valence-electron chi connectivity index (χ0n) is 6.90. The molecule has 0 aliphatic heterocycles. The molecule has 0 saturated heterocycles. The molecule has 2 nitrogen and oxygen atoms in total. The molecule has 0 radical (unpaired) electrons. The highest BCUT2D eigenvalue weighted by Gasteiger charge is 2.00. The summed E-state index contributed by atoms with van der Waals surface area (Å²) < 4.78 is 16.2. The van der Waals surface area contributed by atoms with Crippen LogP contribution in [0.2, 0.25) is 0 Å². The van der Waals surface area contributed by atoms with Crippen molar-refractivity contribution in [3.63, 3.8) is 0 Å². The van der Waals surface area contributed by atoms with Gasteiger partial charge >= 0.3 is 5.97 Å². The fourth-order valence-electron chi connectivity index (χ4n) is 0.719. The van der Waals surface area contributed by atoms with E-state index in [0.717, 1.165) is 4.90 Å². The number of alkyl halides is 1. The molecule has 0 aliphatic carbocycles. The fourth-order valence-corrected chi connectivity index (χ4v) is 1.39. The normalized spacial score (nSPS) is 9.62. The van der Waals surface area contributed by atoms with Crippen molar-refractivity contribution in [2.45, 2.75) is 4.90 Å². The zero-order chi connectivity index (χ0) is 9.52. The van der Waals surface area contributed by atoms with Crippen molar-refractivity contribution >= 4 is 17.7 Å². The van der Waals surface area contributed by atoms with Crippen molar-refractivity contribution < 1.29 is 13.9 Å². The fraction of sp³-hybridized carbons (Fsp3) is 0.222. The maximum Gasteiger partial charge on any atom is 0.338 e. The standard InChI is InChI=1S/C9H9FO2S/c10-6-9(11)12-7-13-8-4-2-1-3-5-8/h1-5H,6-7H2. The van der Waals surface area contributed by atoms with Crippen LogP contribution in [0.3, 0.4) is 0 Å². The summed E-state index contributed by atoms with van der Waals surface area (Å²) in [5, 5.41) is 0. The van der Waals surface area contributed by atoms with Gasteiger partial charge in [-0.25, -0.2) is 9.18 Å². The van der Waals surface area contributed by atoms with Gasteiger partial charge in [0.15, 0.2) is 6.67 Å². The number of ether oxygens (including phenoxy) is 1. The molecule has 0 fully saturated rings. The van der Waals surface area contributed by atoms with Crippen LogP contribution in [-0.4, -0.2) is 18.6 Å². The highest BCUT2D eigenvalue weighted by atomic mass is 32.2. The van der Waals surface area contributed by atoms with E-state index in [4.69, 9.17) is 0 Å². The van der Waals surface area contributed by atoms with Crippen LogP contribution in [0.4, 0.5) is 4.39 Å². The number of rotatable bonds is 4. The Hall–Kier alpha value is -1.03. The maximum absolute atomic E-state index is 11.6. The smallest absolute Gasteiger partial charge is 0.338 e. The number of benzene rings is 1. The summed E-state index contributed by atoms with van der Waals surface area (Å²) >= 11 is 1.35. The van der Waals surface area contributed by atoms with Crippen molar-refractivity contribution in [3.05, 3.63) is 30.3 Å². The molecule has 1 aromatic rings. The van der Waals surface area contributed by atoms with Crippen LogP contribution in [0.1, 0.15) is 0 Å². The molecule has 0 atom stereocenters. The second-order valence-corrected chi connectivity index (χ2v) is 3.22. The number of hydrogen-bond acceptors (Lipinski definition) is 3. The second-order valence-electron chi connectivity index (χ2n) is 2.23. The average molecular weight is 200 g/mol. The highest BCUT2D eigenvalue weighted by Crippen LogP contribution is 2.16. The van der Waals surface area contributed by atoms with Gasteiger partial charge in [-0.1, -0.05) is 30.0 Å². The van der Waals surface area contributed by atoms with Gasteiger partial charge < -0.3 is 4.74 Å². The Morgan fingerprint density at radius 3 is 2.69 bits per heavy atom. The first-order valence-corrected chi connectivity index (χ1v) is 4.71. The van der Waals surface area contributed by atoms with E-state index < -0.39 is 12.6 Å². The molecule has 13 heavy (non-hydrogen) atoms. The van der Waals surface area contributed by atoms with Crippen molar-refractivity contribution in [2.24, 2.45) is 0 Å². The molecule has 0 N–H and O–H groups in total. The van der Waals surface area contributed by atoms with Gasteiger partial charge in [0.25, 0.3) is 0 Å². The third kappa shape index (κ3) is 3.94. The van der Waals surface area contributed by atoms with E-state index in [1.165, 1.54) is 11.8 Å². The second kappa shape index (κ2) is 5.59. The van der Waals surface area contributed by atoms with Crippen LogP contribution in [0.15, 0.2) is 35.2 Å². The molecule has 0 bridgehead atoms. The van der Waals surface area contributed by atoms with Crippen LogP contribution in [0.5, 0.6) is 0 Å². The minimum absolute atomic E-state index is 0.159. The molecule has 4 heteroatoms. The van der Waals surface area contributed by atoms with E-state index in [-0.39, 0.29) is 5.94 Å². The Morgan fingerprint density at radius 2 is 2.08 bits per heavy atom. The molecular formula is C9H9FO2S. The molecular weight excluding hydrogens is 191 g/mol. The van der Waals surface area contributed by atoms with Crippen LogP contribution >= 0.6 is 11.8 Å². The van der Waals surface area contributed by atoms with E-state index in [1.807, 2.05) is 30.3 Å². The first kappa shape index (κ1) is 10.1. The summed E-state index contributed by atoms with van der Waals surface area (Å²) in [7, 11) is 0. The molecule has 0 aromatic heterocycles. The molecule has 70 valence electrons. The van der Waals surface area contributed by atoms with Crippen LogP contribution < -0.4 is 0 Å². The van der Waals surface area contributed by atoms with Crippen LogP contribution in [0, 0.1) is 0 Å². The molecule has 0 aliphatic rings. The lowest BCUT2D eigenvalue weighted by Gasteiger charge is -2.01. The molecule has 0 heterocycles. The topological polar surface area (TPSA) is 26.3 Å². The quantitative estimate of drug-likeness (QED) is 0.423. The maximum atomic E-state index is 11.6. The number of halogens is 1. The predicted molar refractivity (Wildman–Crippen MR) is 49.2 cm³/mol. The first-order valence-electron chi connectivity index (χ1n) is 3.72. The van der Waals surface area contributed by atoms with Gasteiger partial charge in [-0.2, -0.15) is 0 Å². The Balaban J connectivity index is 2.24. The molecule has 0 unspecified atom stereocenters. The Labute approximate surface area is 80.1 Å². The van der Waals surface area contributed by atoms with Crippen molar-refractivity contribution in [1.29, 1.82) is 0 Å².